The molecule has 1 saturated heterocycles. The minimum absolute atomic E-state index is 0.0726. The van der Waals surface area contributed by atoms with Gasteiger partial charge in [-0.05, 0) is 61.7 Å². The van der Waals surface area contributed by atoms with Gasteiger partial charge in [-0.25, -0.2) is 28.4 Å². The SMILES string of the molecule is CCOC1CN(C)C(=O)C2CC(CN2c2nc(Cl)nc3c2cnn3-c2ccc(F)cc2OCc2ccccc2)Nc2nccc(n2)-c2cc(F)cc3nc(C)n(c23)C1. The number of carbonyl (C=O) groups excluding carboxylic acids is 1. The summed E-state index contributed by atoms with van der Waals surface area (Å²) in [5.74, 6) is 0.541. The van der Waals surface area contributed by atoms with Gasteiger partial charge in [0.15, 0.2) is 5.65 Å². The summed E-state index contributed by atoms with van der Waals surface area (Å²) in [4.78, 5) is 41.5. The topological polar surface area (TPSA) is 141 Å². The van der Waals surface area contributed by atoms with Gasteiger partial charge in [-0.2, -0.15) is 15.1 Å². The molecule has 58 heavy (non-hydrogen) atoms. The third-order valence-corrected chi connectivity index (χ3v) is 10.7. The van der Waals surface area contributed by atoms with E-state index in [0.29, 0.717) is 82.7 Å². The van der Waals surface area contributed by atoms with E-state index in [-0.39, 0.29) is 36.1 Å². The highest BCUT2D eigenvalue weighted by molar-refractivity contribution is 6.28. The van der Waals surface area contributed by atoms with Crippen LogP contribution in [0.2, 0.25) is 5.28 Å². The number of nitrogens with zero attached hydrogens (tertiary/aromatic N) is 10. The Morgan fingerprint density at radius 2 is 1.81 bits per heavy atom. The van der Waals surface area contributed by atoms with Crippen molar-refractivity contribution in [1.29, 1.82) is 0 Å². The van der Waals surface area contributed by atoms with Gasteiger partial charge in [-0.1, -0.05) is 30.3 Å². The van der Waals surface area contributed by atoms with Gasteiger partial charge >= 0.3 is 0 Å². The monoisotopic (exact) mass is 805 g/mol. The van der Waals surface area contributed by atoms with Crippen molar-refractivity contribution in [3.8, 4) is 22.7 Å². The lowest BCUT2D eigenvalue weighted by Gasteiger charge is -2.31. The van der Waals surface area contributed by atoms with Crippen LogP contribution in [-0.2, 0) is 22.7 Å². The van der Waals surface area contributed by atoms with Crippen LogP contribution in [0.3, 0.4) is 0 Å². The maximum atomic E-state index is 15.1. The quantitative estimate of drug-likeness (QED) is 0.180. The van der Waals surface area contributed by atoms with E-state index in [1.54, 1.807) is 36.5 Å². The third kappa shape index (κ3) is 7.02. The number of anilines is 2. The molecule has 7 aromatic rings. The molecule has 3 unspecified atom stereocenters. The van der Waals surface area contributed by atoms with Crippen LogP contribution in [0.25, 0.3) is 39.0 Å². The van der Waals surface area contributed by atoms with Gasteiger partial charge in [0.25, 0.3) is 0 Å². The lowest BCUT2D eigenvalue weighted by atomic mass is 10.1. The van der Waals surface area contributed by atoms with Gasteiger partial charge in [0.2, 0.25) is 17.1 Å². The molecule has 14 nitrogen and oxygen atoms in total. The second-order valence-corrected chi connectivity index (χ2v) is 14.7. The molecule has 3 aromatic carbocycles. The third-order valence-electron chi connectivity index (χ3n) is 10.5. The van der Waals surface area contributed by atoms with E-state index in [2.05, 4.69) is 30.4 Å². The molecule has 2 aliphatic rings. The average molecular weight is 806 g/mol. The van der Waals surface area contributed by atoms with E-state index in [9.17, 15) is 9.18 Å². The van der Waals surface area contributed by atoms with Gasteiger partial charge in [-0.15, -0.1) is 0 Å². The number of hydrogen-bond acceptors (Lipinski definition) is 11. The molecule has 4 aromatic heterocycles. The summed E-state index contributed by atoms with van der Waals surface area (Å²) < 4.78 is 45.6. The first kappa shape index (κ1) is 37.3. The summed E-state index contributed by atoms with van der Waals surface area (Å²) >= 11 is 6.67. The minimum Gasteiger partial charge on any atom is -0.487 e. The Bertz CT molecular complexity index is 2680. The number of hydrogen-bond donors (Lipinski definition) is 1. The fraction of sp³-hybridized carbons (Fsp3) is 0.293. The summed E-state index contributed by atoms with van der Waals surface area (Å²) in [7, 11) is 1.75. The lowest BCUT2D eigenvalue weighted by Crippen LogP contribution is -2.47. The Kier molecular flexibility index (Phi) is 9.81. The molecule has 2 aliphatic heterocycles. The molecule has 1 amide bonds. The highest BCUT2D eigenvalue weighted by atomic mass is 35.5. The van der Waals surface area contributed by atoms with Crippen molar-refractivity contribution >= 4 is 51.3 Å². The predicted molar refractivity (Wildman–Crippen MR) is 214 cm³/mol. The van der Waals surface area contributed by atoms with Crippen LogP contribution in [0.15, 0.2) is 79.1 Å². The van der Waals surface area contributed by atoms with E-state index in [0.717, 1.165) is 5.56 Å². The van der Waals surface area contributed by atoms with Crippen molar-refractivity contribution < 1.29 is 23.0 Å². The summed E-state index contributed by atoms with van der Waals surface area (Å²) in [6, 6.07) is 17.3. The van der Waals surface area contributed by atoms with Gasteiger partial charge in [0.1, 0.15) is 47.4 Å². The second kappa shape index (κ2) is 15.2. The number of halogens is 3. The molecule has 6 heterocycles. The van der Waals surface area contributed by atoms with E-state index in [1.807, 2.05) is 53.6 Å². The largest absolute Gasteiger partial charge is 0.487 e. The first-order chi connectivity index (χ1) is 28.1. The summed E-state index contributed by atoms with van der Waals surface area (Å²) in [5.41, 5.74) is 3.96. The number of fused-ring (bicyclic) bond motifs is 6. The number of aryl methyl sites for hydroxylation is 1. The molecule has 4 bridgehead atoms. The van der Waals surface area contributed by atoms with Gasteiger partial charge in [0, 0.05) is 56.7 Å². The summed E-state index contributed by atoms with van der Waals surface area (Å²) in [6.07, 6.45) is 3.14. The fourth-order valence-electron chi connectivity index (χ4n) is 7.97. The maximum absolute atomic E-state index is 15.1. The number of amides is 1. The number of imidazole rings is 1. The van der Waals surface area contributed by atoms with Crippen molar-refractivity contribution in [2.75, 3.05) is 37.0 Å². The first-order valence-electron chi connectivity index (χ1n) is 18.9. The van der Waals surface area contributed by atoms with E-state index >= 15 is 4.39 Å². The molecular formula is C41H38ClF2N11O3. The number of carbonyl (C=O) groups is 1. The molecule has 296 valence electrons. The Morgan fingerprint density at radius 1 is 0.966 bits per heavy atom. The van der Waals surface area contributed by atoms with Crippen LogP contribution < -0.4 is 15.0 Å². The standard InChI is InChI=1S/C41H38ClF2N11O3/c1-4-57-28-20-52(3)39(56)34-17-27(48-41-45-13-12-31(49-41)29-14-26(44)15-32-36(29)53(21-28)23(2)47-32)19-54(34)37-30-18-46-55(38(30)51-40(42)50-37)33-11-10-25(43)16-35(33)58-22-24-8-6-5-7-9-24/h5-16,18,27-28,34H,4,17,19-22H2,1-3H3,(H,45,48,49). The number of ether oxygens (including phenoxy) is 2. The number of nitrogens with one attached hydrogen (secondary N) is 1. The molecule has 0 aliphatic carbocycles. The molecule has 1 N–H and O–H groups in total. The zero-order valence-corrected chi connectivity index (χ0v) is 32.6. The molecule has 0 radical (unpaired) electrons. The van der Waals surface area contributed by atoms with Crippen LogP contribution in [0.1, 0.15) is 24.7 Å². The molecule has 0 spiro atoms. The predicted octanol–water partition coefficient (Wildman–Crippen LogP) is 6.38. The van der Waals surface area contributed by atoms with E-state index in [4.69, 9.17) is 26.1 Å². The number of likely N-dealkylation sites (N-methyl/N-ethyl adjacent to an activating group) is 1. The van der Waals surface area contributed by atoms with Crippen molar-refractivity contribution in [3.05, 3.63) is 107 Å². The molecule has 0 saturated carbocycles. The Labute approximate surface area is 336 Å². The van der Waals surface area contributed by atoms with Gasteiger partial charge in [-0.3, -0.25) is 4.79 Å². The van der Waals surface area contributed by atoms with Crippen LogP contribution in [-0.4, -0.2) is 95.0 Å². The second-order valence-electron chi connectivity index (χ2n) is 14.4. The normalized spacial score (nSPS) is 18.4. The molecule has 1 fully saturated rings. The summed E-state index contributed by atoms with van der Waals surface area (Å²) in [5, 5.41) is 8.53. The van der Waals surface area contributed by atoms with Crippen LogP contribution in [0, 0.1) is 18.6 Å². The number of benzene rings is 3. The number of aromatic nitrogens is 8. The molecular weight excluding hydrogens is 768 g/mol. The molecule has 9 rings (SSSR count). The number of rotatable bonds is 7. The minimum atomic E-state index is -0.709. The Hall–Kier alpha value is -6.26. The molecule has 3 atom stereocenters. The smallest absolute Gasteiger partial charge is 0.245 e. The Balaban J connectivity index is 1.12. The zero-order valence-electron chi connectivity index (χ0n) is 31.8. The van der Waals surface area contributed by atoms with E-state index < -0.39 is 23.8 Å². The van der Waals surface area contributed by atoms with Gasteiger partial charge < -0.3 is 29.2 Å². The van der Waals surface area contributed by atoms with Crippen molar-refractivity contribution in [2.45, 2.75) is 51.6 Å². The molecule has 17 heteroatoms. The summed E-state index contributed by atoms with van der Waals surface area (Å²) in [6.45, 7) is 5.28. The maximum Gasteiger partial charge on any atom is 0.245 e. The average Bonchev–Trinajstić information content (AvgIpc) is 3.91. The van der Waals surface area contributed by atoms with Gasteiger partial charge in [0.05, 0.1) is 41.0 Å². The highest BCUT2D eigenvalue weighted by Crippen LogP contribution is 2.36. The zero-order chi connectivity index (χ0) is 40.1. The van der Waals surface area contributed by atoms with Crippen LogP contribution in [0.4, 0.5) is 20.5 Å². The Morgan fingerprint density at radius 3 is 2.64 bits per heavy atom. The first-order valence-corrected chi connectivity index (χ1v) is 19.3. The van der Waals surface area contributed by atoms with Crippen molar-refractivity contribution in [3.63, 3.8) is 0 Å². The van der Waals surface area contributed by atoms with Crippen LogP contribution >= 0.6 is 11.6 Å². The lowest BCUT2D eigenvalue weighted by molar-refractivity contribution is -0.133. The highest BCUT2D eigenvalue weighted by Gasteiger charge is 2.41. The van der Waals surface area contributed by atoms with Crippen molar-refractivity contribution in [2.24, 2.45) is 0 Å². The van der Waals surface area contributed by atoms with Crippen LogP contribution in [0.5, 0.6) is 5.75 Å². The fourth-order valence-corrected chi connectivity index (χ4v) is 8.13. The van der Waals surface area contributed by atoms with Crippen molar-refractivity contribution in [1.82, 2.24) is 44.2 Å². The van der Waals surface area contributed by atoms with E-state index in [1.165, 1.54) is 28.9 Å².